The van der Waals surface area contributed by atoms with Crippen molar-refractivity contribution in [2.24, 2.45) is 0 Å². The van der Waals surface area contributed by atoms with Crippen molar-refractivity contribution < 1.29 is 9.84 Å². The van der Waals surface area contributed by atoms with Crippen LogP contribution in [-0.4, -0.2) is 23.9 Å². The van der Waals surface area contributed by atoms with E-state index in [1.165, 1.54) is 5.56 Å². The Labute approximate surface area is 110 Å². The number of benzene rings is 1. The summed E-state index contributed by atoms with van der Waals surface area (Å²) in [5.74, 6) is 0.908. The number of ether oxygens (including phenoxy) is 1. The van der Waals surface area contributed by atoms with Crippen LogP contribution in [0, 0.1) is 0 Å². The molecule has 3 heteroatoms. The Kier molecular flexibility index (Phi) is 6.16. The first-order valence-corrected chi connectivity index (χ1v) is 6.69. The molecule has 0 aromatic heterocycles. The molecule has 0 fully saturated rings. The SMILES string of the molecule is CCOc1ccc(C(C)NC(C)CC(C)O)cc1. The summed E-state index contributed by atoms with van der Waals surface area (Å²) in [6.45, 7) is 8.72. The van der Waals surface area contributed by atoms with Crippen molar-refractivity contribution in [1.82, 2.24) is 5.32 Å². The quantitative estimate of drug-likeness (QED) is 0.783. The molecule has 1 rings (SSSR count). The van der Waals surface area contributed by atoms with Gasteiger partial charge in [-0.1, -0.05) is 12.1 Å². The molecule has 0 aliphatic carbocycles. The fourth-order valence-electron chi connectivity index (χ4n) is 2.12. The van der Waals surface area contributed by atoms with E-state index in [9.17, 15) is 5.11 Å². The van der Waals surface area contributed by atoms with Gasteiger partial charge < -0.3 is 15.2 Å². The summed E-state index contributed by atoms with van der Waals surface area (Å²) in [4.78, 5) is 0. The Hall–Kier alpha value is -1.06. The van der Waals surface area contributed by atoms with E-state index < -0.39 is 0 Å². The zero-order valence-electron chi connectivity index (χ0n) is 11.8. The maximum atomic E-state index is 9.35. The highest BCUT2D eigenvalue weighted by molar-refractivity contribution is 5.28. The molecule has 0 aliphatic heterocycles. The monoisotopic (exact) mass is 251 g/mol. The zero-order valence-corrected chi connectivity index (χ0v) is 11.8. The van der Waals surface area contributed by atoms with Gasteiger partial charge in [-0.3, -0.25) is 0 Å². The lowest BCUT2D eigenvalue weighted by atomic mass is 10.1. The third-order valence-corrected chi connectivity index (χ3v) is 2.92. The second kappa shape index (κ2) is 7.39. The van der Waals surface area contributed by atoms with Gasteiger partial charge in [-0.05, 0) is 51.8 Å². The van der Waals surface area contributed by atoms with Gasteiger partial charge in [0.15, 0.2) is 0 Å². The molecule has 3 unspecified atom stereocenters. The minimum atomic E-state index is -0.264. The summed E-state index contributed by atoms with van der Waals surface area (Å²) in [6, 6.07) is 8.73. The Morgan fingerprint density at radius 3 is 2.28 bits per heavy atom. The van der Waals surface area contributed by atoms with Crippen molar-refractivity contribution in [2.45, 2.75) is 52.3 Å². The van der Waals surface area contributed by atoms with E-state index in [2.05, 4.69) is 31.3 Å². The normalized spacial score (nSPS) is 16.1. The highest BCUT2D eigenvalue weighted by atomic mass is 16.5. The molecule has 3 atom stereocenters. The summed E-state index contributed by atoms with van der Waals surface area (Å²) in [6.07, 6.45) is 0.501. The van der Waals surface area contributed by atoms with Gasteiger partial charge >= 0.3 is 0 Å². The first kappa shape index (κ1) is 15.0. The van der Waals surface area contributed by atoms with Gasteiger partial charge in [-0.25, -0.2) is 0 Å². The fourth-order valence-corrected chi connectivity index (χ4v) is 2.12. The molecule has 1 aromatic carbocycles. The number of aliphatic hydroxyl groups excluding tert-OH is 1. The van der Waals surface area contributed by atoms with Crippen LogP contribution in [0.2, 0.25) is 0 Å². The zero-order chi connectivity index (χ0) is 13.5. The van der Waals surface area contributed by atoms with Crippen LogP contribution < -0.4 is 10.1 Å². The van der Waals surface area contributed by atoms with E-state index in [1.54, 1.807) is 0 Å². The maximum Gasteiger partial charge on any atom is 0.119 e. The molecular formula is C15H25NO2. The highest BCUT2D eigenvalue weighted by Crippen LogP contribution is 2.18. The topological polar surface area (TPSA) is 41.5 Å². The summed E-state index contributed by atoms with van der Waals surface area (Å²) < 4.78 is 5.42. The molecule has 0 amide bonds. The molecule has 0 spiro atoms. The predicted octanol–water partition coefficient (Wildman–Crippen LogP) is 2.90. The maximum absolute atomic E-state index is 9.35. The third-order valence-electron chi connectivity index (χ3n) is 2.92. The first-order chi connectivity index (χ1) is 8.52. The van der Waals surface area contributed by atoms with Crippen molar-refractivity contribution in [3.63, 3.8) is 0 Å². The lowest BCUT2D eigenvalue weighted by molar-refractivity contribution is 0.168. The molecule has 0 aliphatic rings. The molecule has 1 aromatic rings. The number of aliphatic hydroxyl groups is 1. The van der Waals surface area contributed by atoms with Crippen LogP contribution in [0.1, 0.15) is 45.7 Å². The van der Waals surface area contributed by atoms with E-state index in [0.717, 1.165) is 12.2 Å². The molecule has 0 heterocycles. The van der Waals surface area contributed by atoms with Crippen molar-refractivity contribution in [2.75, 3.05) is 6.61 Å². The largest absolute Gasteiger partial charge is 0.494 e. The molecule has 0 bridgehead atoms. The fraction of sp³-hybridized carbons (Fsp3) is 0.600. The average molecular weight is 251 g/mol. The van der Waals surface area contributed by atoms with Gasteiger partial charge in [-0.15, -0.1) is 0 Å². The van der Waals surface area contributed by atoms with E-state index >= 15 is 0 Å². The lowest BCUT2D eigenvalue weighted by Crippen LogP contribution is -2.31. The van der Waals surface area contributed by atoms with Crippen LogP contribution in [0.4, 0.5) is 0 Å². The molecule has 0 saturated heterocycles. The Bertz CT molecular complexity index is 335. The van der Waals surface area contributed by atoms with Crippen LogP contribution in [0.5, 0.6) is 5.75 Å². The van der Waals surface area contributed by atoms with Crippen LogP contribution in [0.15, 0.2) is 24.3 Å². The Morgan fingerprint density at radius 2 is 1.78 bits per heavy atom. The molecule has 2 N–H and O–H groups in total. The molecule has 102 valence electrons. The molecule has 0 radical (unpaired) electrons. The van der Waals surface area contributed by atoms with Gasteiger partial charge in [0, 0.05) is 12.1 Å². The summed E-state index contributed by atoms with van der Waals surface area (Å²) >= 11 is 0. The summed E-state index contributed by atoms with van der Waals surface area (Å²) in [5.41, 5.74) is 1.23. The van der Waals surface area contributed by atoms with Crippen molar-refractivity contribution >= 4 is 0 Å². The number of hydrogen-bond acceptors (Lipinski definition) is 3. The molecule has 18 heavy (non-hydrogen) atoms. The molecular weight excluding hydrogens is 226 g/mol. The summed E-state index contributed by atoms with van der Waals surface area (Å²) in [7, 11) is 0. The van der Waals surface area contributed by atoms with Crippen LogP contribution in [0.25, 0.3) is 0 Å². The van der Waals surface area contributed by atoms with E-state index in [1.807, 2.05) is 26.0 Å². The Morgan fingerprint density at radius 1 is 1.17 bits per heavy atom. The predicted molar refractivity (Wildman–Crippen MR) is 74.9 cm³/mol. The van der Waals surface area contributed by atoms with Crippen LogP contribution >= 0.6 is 0 Å². The minimum Gasteiger partial charge on any atom is -0.494 e. The Balaban J connectivity index is 2.52. The van der Waals surface area contributed by atoms with E-state index in [0.29, 0.717) is 12.6 Å². The van der Waals surface area contributed by atoms with Crippen molar-refractivity contribution in [3.05, 3.63) is 29.8 Å². The van der Waals surface area contributed by atoms with E-state index in [-0.39, 0.29) is 12.1 Å². The number of hydrogen-bond donors (Lipinski definition) is 2. The van der Waals surface area contributed by atoms with Gasteiger partial charge in [-0.2, -0.15) is 0 Å². The van der Waals surface area contributed by atoms with Gasteiger partial charge in [0.25, 0.3) is 0 Å². The standard InChI is InChI=1S/C15H25NO2/c1-5-18-15-8-6-14(7-9-15)13(4)16-11(2)10-12(3)17/h6-9,11-13,16-17H,5,10H2,1-4H3. The van der Waals surface area contributed by atoms with Crippen LogP contribution in [0.3, 0.4) is 0 Å². The first-order valence-electron chi connectivity index (χ1n) is 6.69. The second-order valence-electron chi connectivity index (χ2n) is 4.88. The smallest absolute Gasteiger partial charge is 0.119 e. The van der Waals surface area contributed by atoms with E-state index in [4.69, 9.17) is 4.74 Å². The number of rotatable bonds is 7. The molecule has 3 nitrogen and oxygen atoms in total. The van der Waals surface area contributed by atoms with Crippen molar-refractivity contribution in [3.8, 4) is 5.75 Å². The van der Waals surface area contributed by atoms with Crippen molar-refractivity contribution in [1.29, 1.82) is 0 Å². The third kappa shape index (κ3) is 5.07. The average Bonchev–Trinajstić information content (AvgIpc) is 2.29. The molecule has 0 saturated carbocycles. The number of nitrogens with one attached hydrogen (secondary N) is 1. The highest BCUT2D eigenvalue weighted by Gasteiger charge is 2.11. The van der Waals surface area contributed by atoms with Gasteiger partial charge in [0.2, 0.25) is 0 Å². The summed E-state index contributed by atoms with van der Waals surface area (Å²) in [5, 5.41) is 12.8. The van der Waals surface area contributed by atoms with Crippen LogP contribution in [-0.2, 0) is 0 Å². The second-order valence-corrected chi connectivity index (χ2v) is 4.88. The van der Waals surface area contributed by atoms with Gasteiger partial charge in [0.1, 0.15) is 5.75 Å². The minimum absolute atomic E-state index is 0.264. The van der Waals surface area contributed by atoms with Gasteiger partial charge in [0.05, 0.1) is 12.7 Å². The lowest BCUT2D eigenvalue weighted by Gasteiger charge is -2.21.